The predicted octanol–water partition coefficient (Wildman–Crippen LogP) is 1.95. The third-order valence-corrected chi connectivity index (χ3v) is 2.38. The molecule has 0 unspecified atom stereocenters. The van der Waals surface area contributed by atoms with Crippen LogP contribution < -0.4 is 0 Å². The second-order valence-electron chi connectivity index (χ2n) is 3.64. The summed E-state index contributed by atoms with van der Waals surface area (Å²) in [4.78, 5) is 14.4. The minimum absolute atomic E-state index is 0.0845. The van der Waals surface area contributed by atoms with E-state index in [0.717, 1.165) is 10.7 Å². The van der Waals surface area contributed by atoms with E-state index in [4.69, 9.17) is 5.11 Å². The summed E-state index contributed by atoms with van der Waals surface area (Å²) in [6.07, 6.45) is 0.220. The highest BCUT2D eigenvalue weighted by atomic mass is 19.2. The molecule has 1 N–H and O–H groups in total. The van der Waals surface area contributed by atoms with Crippen LogP contribution in [0.2, 0.25) is 0 Å². The number of hydrogen-bond donors (Lipinski definition) is 1. The van der Waals surface area contributed by atoms with Gasteiger partial charge in [-0.2, -0.15) is 0 Å². The molecule has 0 radical (unpaired) electrons. The molecule has 1 aromatic heterocycles. The zero-order chi connectivity index (χ0) is 14.2. The van der Waals surface area contributed by atoms with Crippen LogP contribution >= 0.6 is 0 Å². The first-order valence-corrected chi connectivity index (χ1v) is 5.28. The van der Waals surface area contributed by atoms with Crippen molar-refractivity contribution in [3.05, 3.63) is 41.2 Å². The van der Waals surface area contributed by atoms with E-state index in [2.05, 4.69) is 10.1 Å². The molecule has 8 heteroatoms. The molecule has 0 aliphatic rings. The Bertz CT molecular complexity index is 655. The van der Waals surface area contributed by atoms with Gasteiger partial charge in [-0.05, 0) is 0 Å². The Labute approximate surface area is 105 Å². The van der Waals surface area contributed by atoms with Gasteiger partial charge in [-0.25, -0.2) is 27.6 Å². The molecule has 0 aliphatic carbocycles. The lowest BCUT2D eigenvalue weighted by atomic mass is 10.2. The molecule has 2 rings (SSSR count). The van der Waals surface area contributed by atoms with Crippen molar-refractivity contribution in [1.82, 2.24) is 14.8 Å². The fraction of sp³-hybridized carbons (Fsp3) is 0.182. The van der Waals surface area contributed by atoms with E-state index in [-0.39, 0.29) is 12.2 Å². The second kappa shape index (κ2) is 4.71. The predicted molar refractivity (Wildman–Crippen MR) is 57.6 cm³/mol. The van der Waals surface area contributed by atoms with Crippen LogP contribution in [0.5, 0.6) is 0 Å². The number of aryl methyl sites for hydroxylation is 1. The summed E-state index contributed by atoms with van der Waals surface area (Å²) >= 11 is 0. The van der Waals surface area contributed by atoms with Crippen LogP contribution in [-0.2, 0) is 6.42 Å². The molecule has 2 aromatic rings. The number of benzene rings is 1. The average molecular weight is 271 g/mol. The molecule has 5 nitrogen and oxygen atoms in total. The molecular weight excluding hydrogens is 263 g/mol. The van der Waals surface area contributed by atoms with Crippen LogP contribution in [0.3, 0.4) is 0 Å². The normalized spacial score (nSPS) is 10.7. The number of aromatic carboxylic acids is 1. The highest BCUT2D eigenvalue weighted by molar-refractivity contribution is 5.83. The fourth-order valence-corrected chi connectivity index (χ4v) is 1.55. The lowest BCUT2D eigenvalue weighted by molar-refractivity contribution is 0.0683. The summed E-state index contributed by atoms with van der Waals surface area (Å²) in [6.45, 7) is 1.62. The van der Waals surface area contributed by atoms with Gasteiger partial charge in [0.1, 0.15) is 17.3 Å². The molecule has 0 saturated carbocycles. The van der Waals surface area contributed by atoms with Gasteiger partial charge in [0.25, 0.3) is 5.82 Å². The molecule has 19 heavy (non-hydrogen) atoms. The van der Waals surface area contributed by atoms with Crippen LogP contribution in [0.1, 0.15) is 23.4 Å². The Kier molecular flexibility index (Phi) is 3.24. The first-order chi connectivity index (χ1) is 8.93. The minimum atomic E-state index is -1.41. The molecule has 1 heterocycles. The summed E-state index contributed by atoms with van der Waals surface area (Å²) < 4.78 is 40.6. The summed E-state index contributed by atoms with van der Waals surface area (Å²) in [5.74, 6) is -5.60. The number of carboxylic acid groups (broad SMARTS) is 1. The molecule has 0 atom stereocenters. The SMILES string of the molecule is CCc1nc(C(=O)O)nn1-c1cc(F)cc(F)c1F. The maximum Gasteiger partial charge on any atom is 0.375 e. The van der Waals surface area contributed by atoms with E-state index in [9.17, 15) is 18.0 Å². The maximum absolute atomic E-state index is 13.6. The molecule has 0 saturated heterocycles. The van der Waals surface area contributed by atoms with Crippen molar-refractivity contribution in [2.45, 2.75) is 13.3 Å². The van der Waals surface area contributed by atoms with Crippen molar-refractivity contribution >= 4 is 5.97 Å². The number of aromatic nitrogens is 3. The molecule has 0 fully saturated rings. The van der Waals surface area contributed by atoms with Crippen molar-refractivity contribution in [2.24, 2.45) is 0 Å². The van der Waals surface area contributed by atoms with Crippen LogP contribution in [0, 0.1) is 17.5 Å². The molecule has 1 aromatic carbocycles. The van der Waals surface area contributed by atoms with Crippen molar-refractivity contribution in [3.8, 4) is 5.69 Å². The molecule has 0 spiro atoms. The topological polar surface area (TPSA) is 68.0 Å². The molecule has 0 amide bonds. The van der Waals surface area contributed by atoms with E-state index in [0.29, 0.717) is 6.07 Å². The van der Waals surface area contributed by atoms with Gasteiger partial charge in [0.2, 0.25) is 0 Å². The van der Waals surface area contributed by atoms with E-state index < -0.39 is 34.9 Å². The Hall–Kier alpha value is -2.38. The van der Waals surface area contributed by atoms with Gasteiger partial charge < -0.3 is 5.11 Å². The zero-order valence-corrected chi connectivity index (χ0v) is 9.69. The van der Waals surface area contributed by atoms with Crippen molar-refractivity contribution in [1.29, 1.82) is 0 Å². The first-order valence-electron chi connectivity index (χ1n) is 5.28. The second-order valence-corrected chi connectivity index (χ2v) is 3.64. The van der Waals surface area contributed by atoms with Crippen LogP contribution in [0.4, 0.5) is 13.2 Å². The van der Waals surface area contributed by atoms with E-state index >= 15 is 0 Å². The van der Waals surface area contributed by atoms with Gasteiger partial charge in [-0.15, -0.1) is 5.10 Å². The van der Waals surface area contributed by atoms with Crippen molar-refractivity contribution in [2.75, 3.05) is 0 Å². The quantitative estimate of drug-likeness (QED) is 0.866. The Morgan fingerprint density at radius 3 is 2.63 bits per heavy atom. The Morgan fingerprint density at radius 2 is 2.05 bits per heavy atom. The minimum Gasteiger partial charge on any atom is -0.475 e. The third kappa shape index (κ3) is 2.28. The summed E-state index contributed by atoms with van der Waals surface area (Å²) in [7, 11) is 0. The average Bonchev–Trinajstić information content (AvgIpc) is 2.77. The van der Waals surface area contributed by atoms with Crippen molar-refractivity contribution in [3.63, 3.8) is 0 Å². The van der Waals surface area contributed by atoms with Crippen LogP contribution in [0.25, 0.3) is 5.69 Å². The summed E-state index contributed by atoms with van der Waals surface area (Å²) in [6, 6.07) is 1.11. The zero-order valence-electron chi connectivity index (χ0n) is 9.69. The third-order valence-electron chi connectivity index (χ3n) is 2.38. The molecule has 100 valence electrons. The number of rotatable bonds is 3. The maximum atomic E-state index is 13.6. The van der Waals surface area contributed by atoms with Gasteiger partial charge in [0.05, 0.1) is 0 Å². The van der Waals surface area contributed by atoms with Crippen LogP contribution in [-0.4, -0.2) is 25.8 Å². The highest BCUT2D eigenvalue weighted by Gasteiger charge is 2.20. The fourth-order valence-electron chi connectivity index (χ4n) is 1.55. The van der Waals surface area contributed by atoms with Gasteiger partial charge in [0.15, 0.2) is 11.6 Å². The standard InChI is InChI=1S/C11H8F3N3O2/c1-2-8-15-10(11(18)19)16-17(8)7-4-5(12)3-6(13)9(7)14/h3-4H,2H2,1H3,(H,18,19). The summed E-state index contributed by atoms with van der Waals surface area (Å²) in [5.41, 5.74) is -0.519. The van der Waals surface area contributed by atoms with Gasteiger partial charge in [0, 0.05) is 18.6 Å². The first kappa shape index (κ1) is 13.1. The Morgan fingerprint density at radius 1 is 1.37 bits per heavy atom. The molecule has 0 bridgehead atoms. The van der Waals surface area contributed by atoms with E-state index in [1.807, 2.05) is 0 Å². The molecule has 0 aliphatic heterocycles. The number of hydrogen-bond acceptors (Lipinski definition) is 3. The summed E-state index contributed by atoms with van der Waals surface area (Å²) in [5, 5.41) is 12.3. The Balaban J connectivity index is 2.67. The smallest absolute Gasteiger partial charge is 0.375 e. The van der Waals surface area contributed by atoms with E-state index in [1.54, 1.807) is 6.92 Å². The number of nitrogens with zero attached hydrogens (tertiary/aromatic N) is 3. The highest BCUT2D eigenvalue weighted by Crippen LogP contribution is 2.19. The van der Waals surface area contributed by atoms with Crippen molar-refractivity contribution < 1.29 is 23.1 Å². The van der Waals surface area contributed by atoms with Crippen LogP contribution in [0.15, 0.2) is 12.1 Å². The number of carboxylic acids is 1. The molecular formula is C11H8F3N3O2. The number of carbonyl (C=O) groups is 1. The lowest BCUT2D eigenvalue weighted by Crippen LogP contribution is -2.07. The number of halogens is 3. The van der Waals surface area contributed by atoms with Gasteiger partial charge in [-0.3, -0.25) is 0 Å². The van der Waals surface area contributed by atoms with Gasteiger partial charge in [-0.1, -0.05) is 6.92 Å². The van der Waals surface area contributed by atoms with E-state index in [1.165, 1.54) is 0 Å². The monoisotopic (exact) mass is 271 g/mol. The van der Waals surface area contributed by atoms with Gasteiger partial charge >= 0.3 is 5.97 Å². The lowest BCUT2D eigenvalue weighted by Gasteiger charge is -2.06. The largest absolute Gasteiger partial charge is 0.475 e.